The van der Waals surface area contributed by atoms with E-state index >= 15 is 0 Å². The maximum absolute atomic E-state index is 12.3. The Balaban J connectivity index is 1.35. The van der Waals surface area contributed by atoms with E-state index in [1.165, 1.54) is 18.9 Å². The number of hydrogen-bond acceptors (Lipinski definition) is 10. The van der Waals surface area contributed by atoms with E-state index in [1.807, 2.05) is 6.07 Å². The van der Waals surface area contributed by atoms with Crippen molar-refractivity contribution in [2.45, 2.75) is 31.3 Å². The maximum Gasteiger partial charge on any atom is 0.223 e. The van der Waals surface area contributed by atoms with Crippen molar-refractivity contribution in [2.75, 3.05) is 57.7 Å². The van der Waals surface area contributed by atoms with Crippen LogP contribution in [0.25, 0.3) is 22.2 Å². The molecule has 2 atom stereocenters. The summed E-state index contributed by atoms with van der Waals surface area (Å²) in [6.07, 6.45) is 5.96. The molecule has 1 aliphatic carbocycles. The highest BCUT2D eigenvalue weighted by Crippen LogP contribution is 2.46. The summed E-state index contributed by atoms with van der Waals surface area (Å²) < 4.78 is 16.4. The first-order valence-electron chi connectivity index (χ1n) is 14.1. The van der Waals surface area contributed by atoms with Gasteiger partial charge in [-0.3, -0.25) is 9.69 Å². The first-order valence-corrected chi connectivity index (χ1v) is 14.9. The maximum atomic E-state index is 12.3. The van der Waals surface area contributed by atoms with Gasteiger partial charge < -0.3 is 24.8 Å². The van der Waals surface area contributed by atoms with Crippen LogP contribution in [0, 0.1) is 11.8 Å². The molecule has 0 unspecified atom stereocenters. The Morgan fingerprint density at radius 2 is 1.88 bits per heavy atom. The van der Waals surface area contributed by atoms with E-state index in [1.54, 1.807) is 26.5 Å². The van der Waals surface area contributed by atoms with Crippen LogP contribution in [-0.2, 0) is 9.53 Å². The second kappa shape index (κ2) is 12.2. The van der Waals surface area contributed by atoms with Crippen molar-refractivity contribution in [3.63, 3.8) is 0 Å². The minimum atomic E-state index is 0.00363. The van der Waals surface area contributed by atoms with Gasteiger partial charge in [0.1, 0.15) is 17.0 Å². The fourth-order valence-corrected chi connectivity index (χ4v) is 6.24. The minimum absolute atomic E-state index is 0.00363. The molecule has 3 aliphatic rings. The van der Waals surface area contributed by atoms with E-state index in [-0.39, 0.29) is 17.7 Å². The summed E-state index contributed by atoms with van der Waals surface area (Å²) >= 11 is 13.5. The van der Waals surface area contributed by atoms with E-state index in [0.29, 0.717) is 68.5 Å². The second-order valence-electron chi connectivity index (χ2n) is 11.1. The van der Waals surface area contributed by atoms with Crippen molar-refractivity contribution >= 4 is 51.7 Å². The number of ketones is 1. The summed E-state index contributed by atoms with van der Waals surface area (Å²) in [5.41, 5.74) is 1.74. The number of likely N-dealkylation sites (tertiary alicyclic amines) is 1. The fourth-order valence-electron chi connectivity index (χ4n) is 5.55. The largest absolute Gasteiger partial charge is 0.495 e. The first-order chi connectivity index (χ1) is 20.4. The van der Waals surface area contributed by atoms with Gasteiger partial charge >= 0.3 is 0 Å². The topological polar surface area (TPSA) is 111 Å². The standard InChI is InChI=1S/C30H34Cl2N6O4/c1-4-20(39)7-18-12-38(19-14-42-15-19)13-22(18)36-30-34-11-17-8-21(35-29(28(17)37-30)33-10-16-5-6-16)25-26(31)23(40-2)9-24(41-3)27(25)32/h4,8-9,11,16,18-19,22H,1,5-7,10,12-15H2,2-3H3,(H,33,35)(H,34,36,37)/t18-,22+/m0/s1. The Labute approximate surface area is 254 Å². The number of nitrogens with one attached hydrogen (secondary N) is 2. The third-order valence-electron chi connectivity index (χ3n) is 8.26. The zero-order valence-electron chi connectivity index (χ0n) is 23.7. The van der Waals surface area contributed by atoms with Gasteiger partial charge in [-0.15, -0.1) is 0 Å². The molecule has 0 radical (unpaired) electrons. The predicted molar refractivity (Wildman–Crippen MR) is 164 cm³/mol. The average Bonchev–Trinajstić information content (AvgIpc) is 3.72. The lowest BCUT2D eigenvalue weighted by molar-refractivity contribution is -0.115. The molecule has 4 heterocycles. The normalized spacial score (nSPS) is 20.8. The lowest BCUT2D eigenvalue weighted by Crippen LogP contribution is -2.48. The van der Waals surface area contributed by atoms with Crippen LogP contribution in [0.4, 0.5) is 11.8 Å². The van der Waals surface area contributed by atoms with Crippen LogP contribution in [0.3, 0.4) is 0 Å². The van der Waals surface area contributed by atoms with Gasteiger partial charge in [0.2, 0.25) is 5.95 Å². The van der Waals surface area contributed by atoms with Gasteiger partial charge in [0.25, 0.3) is 0 Å². The molecule has 2 N–H and O–H groups in total. The van der Waals surface area contributed by atoms with Crippen LogP contribution < -0.4 is 20.1 Å². The third-order valence-corrected chi connectivity index (χ3v) is 9.01. The quantitative estimate of drug-likeness (QED) is 0.268. The number of nitrogens with zero attached hydrogens (tertiary/aromatic N) is 4. The van der Waals surface area contributed by atoms with E-state index < -0.39 is 0 Å². The van der Waals surface area contributed by atoms with Crippen LogP contribution >= 0.6 is 23.2 Å². The molecule has 0 bridgehead atoms. The SMILES string of the molecule is C=CC(=O)C[C@H]1CN(C2COC2)C[C@H]1Nc1ncc2cc(-c3c(Cl)c(OC)cc(OC)c3Cl)nc(NCC3CC3)c2n1. The van der Waals surface area contributed by atoms with Gasteiger partial charge in [-0.1, -0.05) is 29.8 Å². The molecular formula is C30H34Cl2N6O4. The highest BCUT2D eigenvalue weighted by molar-refractivity contribution is 6.41. The number of halogens is 2. The molecular weight excluding hydrogens is 579 g/mol. The summed E-state index contributed by atoms with van der Waals surface area (Å²) in [6, 6.07) is 3.90. The Bertz CT molecular complexity index is 1480. The smallest absolute Gasteiger partial charge is 0.223 e. The number of carbonyl (C=O) groups is 1. The molecule has 1 saturated carbocycles. The van der Waals surface area contributed by atoms with Gasteiger partial charge in [0.15, 0.2) is 11.6 Å². The molecule has 222 valence electrons. The van der Waals surface area contributed by atoms with E-state index in [9.17, 15) is 4.79 Å². The molecule has 2 aliphatic heterocycles. The van der Waals surface area contributed by atoms with Crippen LogP contribution in [0.5, 0.6) is 11.5 Å². The number of pyridine rings is 1. The first kappa shape index (κ1) is 28.9. The summed E-state index contributed by atoms with van der Waals surface area (Å²) in [5.74, 6) is 2.72. The third kappa shape index (κ3) is 5.86. The molecule has 12 heteroatoms. The summed E-state index contributed by atoms with van der Waals surface area (Å²) in [7, 11) is 3.08. The van der Waals surface area contributed by atoms with Crippen LogP contribution in [-0.4, -0.2) is 84.8 Å². The van der Waals surface area contributed by atoms with Crippen molar-refractivity contribution in [2.24, 2.45) is 11.8 Å². The van der Waals surface area contributed by atoms with Gasteiger partial charge in [-0.25, -0.2) is 15.0 Å². The molecule has 42 heavy (non-hydrogen) atoms. The molecule has 10 nitrogen and oxygen atoms in total. The number of rotatable bonds is 12. The van der Waals surface area contributed by atoms with E-state index in [0.717, 1.165) is 38.2 Å². The number of methoxy groups -OCH3 is 2. The fraction of sp³-hybridized carbons (Fsp3) is 0.467. The second-order valence-corrected chi connectivity index (χ2v) is 11.9. The van der Waals surface area contributed by atoms with Crippen LogP contribution in [0.2, 0.25) is 10.0 Å². The number of ether oxygens (including phenoxy) is 3. The van der Waals surface area contributed by atoms with Gasteiger partial charge in [0.05, 0.1) is 49.2 Å². The number of aromatic nitrogens is 3. The summed E-state index contributed by atoms with van der Waals surface area (Å²) in [6.45, 7) is 7.47. The van der Waals surface area contributed by atoms with Gasteiger partial charge in [-0.05, 0) is 30.9 Å². The number of allylic oxidation sites excluding steroid dienone is 1. The van der Waals surface area contributed by atoms with Crippen molar-refractivity contribution in [1.29, 1.82) is 0 Å². The van der Waals surface area contributed by atoms with Crippen molar-refractivity contribution in [1.82, 2.24) is 19.9 Å². The zero-order chi connectivity index (χ0) is 29.4. The number of carbonyl (C=O) groups excluding carboxylic acids is 1. The van der Waals surface area contributed by atoms with Crippen molar-refractivity contribution in [3.8, 4) is 22.8 Å². The molecule has 6 rings (SSSR count). The van der Waals surface area contributed by atoms with Gasteiger partial charge in [0, 0.05) is 61.2 Å². The number of anilines is 2. The summed E-state index contributed by atoms with van der Waals surface area (Å²) in [4.78, 5) is 29.2. The molecule has 1 aromatic carbocycles. The Morgan fingerprint density at radius 1 is 1.14 bits per heavy atom. The Kier molecular flexibility index (Phi) is 8.40. The van der Waals surface area contributed by atoms with E-state index in [2.05, 4.69) is 27.1 Å². The summed E-state index contributed by atoms with van der Waals surface area (Å²) in [5, 5.41) is 8.47. The lowest BCUT2D eigenvalue weighted by Gasteiger charge is -2.34. The van der Waals surface area contributed by atoms with Crippen molar-refractivity contribution < 1.29 is 19.0 Å². The predicted octanol–water partition coefficient (Wildman–Crippen LogP) is 5.09. The average molecular weight is 614 g/mol. The van der Waals surface area contributed by atoms with Crippen LogP contribution in [0.1, 0.15) is 19.3 Å². The monoisotopic (exact) mass is 612 g/mol. The molecule has 3 aromatic rings. The number of benzene rings is 1. The van der Waals surface area contributed by atoms with Crippen molar-refractivity contribution in [3.05, 3.63) is 41.0 Å². The zero-order valence-corrected chi connectivity index (χ0v) is 25.2. The lowest BCUT2D eigenvalue weighted by atomic mass is 9.97. The Morgan fingerprint density at radius 3 is 2.50 bits per heavy atom. The highest BCUT2D eigenvalue weighted by Gasteiger charge is 2.39. The molecule has 0 amide bonds. The highest BCUT2D eigenvalue weighted by atomic mass is 35.5. The van der Waals surface area contributed by atoms with Crippen LogP contribution in [0.15, 0.2) is 31.0 Å². The van der Waals surface area contributed by atoms with E-state index in [4.69, 9.17) is 47.4 Å². The molecule has 2 aromatic heterocycles. The molecule has 0 spiro atoms. The van der Waals surface area contributed by atoms with Gasteiger partial charge in [-0.2, -0.15) is 0 Å². The number of hydrogen-bond donors (Lipinski definition) is 2. The molecule has 2 saturated heterocycles. The Hall–Kier alpha value is -3.18. The molecule has 3 fully saturated rings. The number of fused-ring (bicyclic) bond motifs is 1. The minimum Gasteiger partial charge on any atom is -0.495 e.